The molecule has 1 aromatic heterocycles. The molecule has 1 aliphatic carbocycles. The maximum absolute atomic E-state index is 11.3. The number of hydrogen-bond acceptors (Lipinski definition) is 6. The summed E-state index contributed by atoms with van der Waals surface area (Å²) >= 11 is 0. The van der Waals surface area contributed by atoms with Crippen LogP contribution in [0.3, 0.4) is 0 Å². The van der Waals surface area contributed by atoms with E-state index in [0.717, 1.165) is 32.5 Å². The van der Waals surface area contributed by atoms with E-state index in [4.69, 9.17) is 9.26 Å². The van der Waals surface area contributed by atoms with Gasteiger partial charge in [-0.1, -0.05) is 18.5 Å². The van der Waals surface area contributed by atoms with Crippen LogP contribution < -0.4 is 0 Å². The Kier molecular flexibility index (Phi) is 4.21. The van der Waals surface area contributed by atoms with Crippen molar-refractivity contribution in [3.8, 4) is 0 Å². The minimum atomic E-state index is -0.775. The summed E-state index contributed by atoms with van der Waals surface area (Å²) < 4.78 is 11.0. The molecule has 1 N–H and O–H groups in total. The molecule has 7 heteroatoms. The number of carboxylic acids is 1. The molecule has 0 amide bonds. The molecule has 116 valence electrons. The molecule has 2 heterocycles. The zero-order valence-corrected chi connectivity index (χ0v) is 12.2. The third-order valence-corrected chi connectivity index (χ3v) is 4.49. The van der Waals surface area contributed by atoms with Gasteiger partial charge in [0.2, 0.25) is 11.7 Å². The van der Waals surface area contributed by atoms with E-state index >= 15 is 0 Å². The van der Waals surface area contributed by atoms with Crippen molar-refractivity contribution < 1.29 is 19.2 Å². The highest BCUT2D eigenvalue weighted by Crippen LogP contribution is 2.39. The molecule has 0 spiro atoms. The molecular weight excluding hydrogens is 274 g/mol. The summed E-state index contributed by atoms with van der Waals surface area (Å²) in [6.07, 6.45) is 2.19. The summed E-state index contributed by atoms with van der Waals surface area (Å²) in [7, 11) is 0. The quantitative estimate of drug-likeness (QED) is 0.898. The molecule has 3 atom stereocenters. The topological polar surface area (TPSA) is 88.7 Å². The lowest BCUT2D eigenvalue weighted by Crippen LogP contribution is -2.38. The Balaban J connectivity index is 1.72. The fourth-order valence-corrected chi connectivity index (χ4v) is 3.23. The first-order chi connectivity index (χ1) is 10.2. The van der Waals surface area contributed by atoms with Gasteiger partial charge in [-0.3, -0.25) is 9.69 Å². The fraction of sp³-hybridized carbons (Fsp3) is 0.786. The first kappa shape index (κ1) is 14.5. The summed E-state index contributed by atoms with van der Waals surface area (Å²) in [4.78, 5) is 18.0. The minimum absolute atomic E-state index is 0.158. The van der Waals surface area contributed by atoms with Gasteiger partial charge in [0.1, 0.15) is 6.10 Å². The Morgan fingerprint density at radius 3 is 3.10 bits per heavy atom. The zero-order chi connectivity index (χ0) is 14.8. The summed E-state index contributed by atoms with van der Waals surface area (Å²) in [6.45, 7) is 5.40. The zero-order valence-electron chi connectivity index (χ0n) is 12.2. The molecule has 1 saturated carbocycles. The molecule has 1 aliphatic heterocycles. The molecule has 0 aromatic carbocycles. The molecule has 0 bridgehead atoms. The van der Waals surface area contributed by atoms with Gasteiger partial charge in [0.05, 0.1) is 18.4 Å². The summed E-state index contributed by atoms with van der Waals surface area (Å²) in [5.74, 6) is -0.345. The van der Waals surface area contributed by atoms with Crippen molar-refractivity contribution in [2.75, 3.05) is 26.2 Å². The SMILES string of the molecule is CCN1CCOC(c2noc(C3CCCC3C(=O)O)n2)C1. The van der Waals surface area contributed by atoms with Crippen molar-refractivity contribution in [3.63, 3.8) is 0 Å². The van der Waals surface area contributed by atoms with E-state index < -0.39 is 11.9 Å². The third kappa shape index (κ3) is 2.94. The van der Waals surface area contributed by atoms with Crippen molar-refractivity contribution >= 4 is 5.97 Å². The van der Waals surface area contributed by atoms with Crippen LogP contribution in [0.15, 0.2) is 4.52 Å². The van der Waals surface area contributed by atoms with Crippen molar-refractivity contribution in [1.29, 1.82) is 0 Å². The molecular formula is C14H21N3O4. The Bertz CT molecular complexity index is 504. The highest BCUT2D eigenvalue weighted by atomic mass is 16.5. The normalized spacial score (nSPS) is 30.6. The number of aliphatic carboxylic acids is 1. The Morgan fingerprint density at radius 1 is 1.48 bits per heavy atom. The van der Waals surface area contributed by atoms with E-state index in [9.17, 15) is 9.90 Å². The molecule has 2 fully saturated rings. The highest BCUT2D eigenvalue weighted by molar-refractivity contribution is 5.71. The number of likely N-dealkylation sites (N-methyl/N-ethyl adjacent to an activating group) is 1. The van der Waals surface area contributed by atoms with Gasteiger partial charge >= 0.3 is 5.97 Å². The van der Waals surface area contributed by atoms with Gasteiger partial charge in [-0.15, -0.1) is 0 Å². The standard InChI is InChI=1S/C14H21N3O4/c1-2-17-6-7-20-11(8-17)12-15-13(21-16-12)9-4-3-5-10(9)14(18)19/h9-11H,2-8H2,1H3,(H,18,19). The van der Waals surface area contributed by atoms with Gasteiger partial charge in [-0.05, 0) is 19.4 Å². The van der Waals surface area contributed by atoms with Crippen LogP contribution in [0.25, 0.3) is 0 Å². The van der Waals surface area contributed by atoms with Crippen LogP contribution in [0.1, 0.15) is 49.9 Å². The van der Waals surface area contributed by atoms with E-state index in [2.05, 4.69) is 22.0 Å². The van der Waals surface area contributed by atoms with Crippen LogP contribution in [0.2, 0.25) is 0 Å². The first-order valence-corrected chi connectivity index (χ1v) is 7.59. The van der Waals surface area contributed by atoms with Gasteiger partial charge in [-0.2, -0.15) is 4.98 Å². The van der Waals surface area contributed by atoms with E-state index in [0.29, 0.717) is 24.7 Å². The molecule has 1 saturated heterocycles. The molecule has 1 aromatic rings. The number of carbonyl (C=O) groups is 1. The maximum Gasteiger partial charge on any atom is 0.307 e. The number of aromatic nitrogens is 2. The van der Waals surface area contributed by atoms with E-state index in [1.54, 1.807) is 0 Å². The fourth-order valence-electron chi connectivity index (χ4n) is 3.23. The van der Waals surface area contributed by atoms with E-state index in [1.165, 1.54) is 0 Å². The van der Waals surface area contributed by atoms with Crippen molar-refractivity contribution in [3.05, 3.63) is 11.7 Å². The number of rotatable bonds is 4. The van der Waals surface area contributed by atoms with Gasteiger partial charge in [-0.25, -0.2) is 0 Å². The maximum atomic E-state index is 11.3. The Labute approximate surface area is 123 Å². The van der Waals surface area contributed by atoms with Crippen LogP contribution >= 0.6 is 0 Å². The molecule has 2 aliphatic rings. The monoisotopic (exact) mass is 295 g/mol. The van der Waals surface area contributed by atoms with E-state index in [1.807, 2.05) is 0 Å². The second-order valence-corrected chi connectivity index (χ2v) is 5.73. The van der Waals surface area contributed by atoms with Crippen molar-refractivity contribution in [2.24, 2.45) is 5.92 Å². The number of carboxylic acid groups (broad SMARTS) is 1. The van der Waals surface area contributed by atoms with Crippen LogP contribution in [-0.4, -0.2) is 52.4 Å². The van der Waals surface area contributed by atoms with E-state index in [-0.39, 0.29) is 12.0 Å². The second kappa shape index (κ2) is 6.11. The highest BCUT2D eigenvalue weighted by Gasteiger charge is 2.38. The van der Waals surface area contributed by atoms with Crippen LogP contribution in [0, 0.1) is 5.92 Å². The predicted molar refractivity (Wildman–Crippen MR) is 72.8 cm³/mol. The Hall–Kier alpha value is -1.47. The Morgan fingerprint density at radius 2 is 2.33 bits per heavy atom. The number of ether oxygens (including phenoxy) is 1. The van der Waals surface area contributed by atoms with Crippen molar-refractivity contribution in [1.82, 2.24) is 15.0 Å². The van der Waals surface area contributed by atoms with Gasteiger partial charge in [0.25, 0.3) is 0 Å². The number of nitrogens with zero attached hydrogens (tertiary/aromatic N) is 3. The van der Waals surface area contributed by atoms with Gasteiger partial charge in [0, 0.05) is 13.1 Å². The average Bonchev–Trinajstić information content (AvgIpc) is 3.15. The van der Waals surface area contributed by atoms with Crippen LogP contribution in [0.4, 0.5) is 0 Å². The molecule has 21 heavy (non-hydrogen) atoms. The largest absolute Gasteiger partial charge is 0.481 e. The summed E-state index contributed by atoms with van der Waals surface area (Å²) in [6, 6.07) is 0. The number of morpholine rings is 1. The summed E-state index contributed by atoms with van der Waals surface area (Å²) in [5.41, 5.74) is 0. The van der Waals surface area contributed by atoms with Crippen LogP contribution in [-0.2, 0) is 9.53 Å². The third-order valence-electron chi connectivity index (χ3n) is 4.49. The lowest BCUT2D eigenvalue weighted by molar-refractivity contribution is -0.142. The second-order valence-electron chi connectivity index (χ2n) is 5.73. The first-order valence-electron chi connectivity index (χ1n) is 7.59. The summed E-state index contributed by atoms with van der Waals surface area (Å²) in [5, 5.41) is 13.3. The van der Waals surface area contributed by atoms with Crippen molar-refractivity contribution in [2.45, 2.75) is 38.2 Å². The van der Waals surface area contributed by atoms with Gasteiger partial charge < -0.3 is 14.4 Å². The molecule has 0 radical (unpaired) electrons. The molecule has 3 rings (SSSR count). The molecule has 7 nitrogen and oxygen atoms in total. The average molecular weight is 295 g/mol. The lowest BCUT2D eigenvalue weighted by Gasteiger charge is -2.30. The number of hydrogen-bond donors (Lipinski definition) is 1. The van der Waals surface area contributed by atoms with Crippen LogP contribution in [0.5, 0.6) is 0 Å². The van der Waals surface area contributed by atoms with Gasteiger partial charge in [0.15, 0.2) is 0 Å². The molecule has 3 unspecified atom stereocenters. The predicted octanol–water partition coefficient (Wildman–Crippen LogP) is 1.43. The minimum Gasteiger partial charge on any atom is -0.481 e. The lowest BCUT2D eigenvalue weighted by atomic mass is 9.96. The smallest absolute Gasteiger partial charge is 0.307 e.